The Morgan fingerprint density at radius 1 is 0.469 bits per heavy atom. The first-order valence-electron chi connectivity index (χ1n) is 12.5. The summed E-state index contributed by atoms with van der Waals surface area (Å²) in [6, 6.07) is 19.2. The summed E-state index contributed by atoms with van der Waals surface area (Å²) in [6.07, 6.45) is 0. The van der Waals surface area contributed by atoms with Crippen molar-refractivity contribution in [2.75, 3.05) is 0 Å². The van der Waals surface area contributed by atoms with Crippen LogP contribution in [0, 0.1) is 0 Å². The minimum atomic E-state index is -1.73. The first kappa shape index (κ1) is 28.0. The van der Waals surface area contributed by atoms with Crippen LogP contribution in [0.25, 0.3) is 0 Å². The van der Waals surface area contributed by atoms with E-state index in [0.717, 1.165) is 22.6 Å². The van der Waals surface area contributed by atoms with Crippen molar-refractivity contribution in [3.63, 3.8) is 0 Å². The predicted octanol–water partition coefficient (Wildman–Crippen LogP) is 7.14. The highest BCUT2D eigenvalue weighted by molar-refractivity contribution is 7.69. The van der Waals surface area contributed by atoms with Crippen LogP contribution in [0.15, 0.2) is 48.5 Å². The molecule has 0 unspecified atom stereocenters. The van der Waals surface area contributed by atoms with Gasteiger partial charge in [0, 0.05) is 0 Å². The zero-order valence-corrected chi connectivity index (χ0v) is 26.6. The highest BCUT2D eigenvalue weighted by Gasteiger charge is 2.47. The van der Waals surface area contributed by atoms with Gasteiger partial charge in [-0.05, 0) is 33.2 Å². The Kier molecular flexibility index (Phi) is 9.60. The van der Waals surface area contributed by atoms with Crippen molar-refractivity contribution in [2.45, 2.75) is 104 Å². The Balaban J connectivity index is 2.72. The van der Waals surface area contributed by atoms with Crippen LogP contribution in [0.2, 0.25) is 26.2 Å². The molecule has 178 valence electrons. The van der Waals surface area contributed by atoms with Crippen molar-refractivity contribution in [3.8, 4) is 0 Å². The first-order valence-corrected chi connectivity index (χ1v) is 22.5. The molecule has 0 N–H and O–H groups in total. The third-order valence-electron chi connectivity index (χ3n) is 7.50. The van der Waals surface area contributed by atoms with Gasteiger partial charge in [-0.3, -0.25) is 0 Å². The summed E-state index contributed by atoms with van der Waals surface area (Å²) < 4.78 is 0. The predicted molar refractivity (Wildman–Crippen MR) is 161 cm³/mol. The third-order valence-corrected chi connectivity index (χ3v) is 31.9. The van der Waals surface area contributed by atoms with E-state index >= 15 is 0 Å². The molecule has 0 radical (unpaired) electrons. The Labute approximate surface area is 204 Å². The van der Waals surface area contributed by atoms with Crippen LogP contribution in [-0.4, -0.2) is 37.8 Å². The molecule has 2 aromatic carbocycles. The van der Waals surface area contributed by atoms with E-state index in [0.29, 0.717) is 0 Å². The van der Waals surface area contributed by atoms with Gasteiger partial charge in [-0.25, -0.2) is 0 Å². The number of hydrogen-bond donors (Lipinski definition) is 0. The van der Waals surface area contributed by atoms with Gasteiger partial charge in [-0.1, -0.05) is 156 Å². The van der Waals surface area contributed by atoms with E-state index in [1.54, 1.807) is 21.0 Å². The molecular formula is C28H48P2Si2. The summed E-state index contributed by atoms with van der Waals surface area (Å²) in [4.78, 5) is 0. The van der Waals surface area contributed by atoms with Crippen LogP contribution >= 0.6 is 15.8 Å². The summed E-state index contributed by atoms with van der Waals surface area (Å²) in [5.74, 6) is 0. The molecule has 32 heavy (non-hydrogen) atoms. The molecule has 2 aromatic rings. The lowest BCUT2D eigenvalue weighted by atomic mass is 10.4. The van der Waals surface area contributed by atoms with Gasteiger partial charge < -0.3 is 0 Å². The van der Waals surface area contributed by atoms with Crippen LogP contribution in [0.5, 0.6) is 0 Å². The molecule has 0 atom stereocenters. The lowest BCUT2D eigenvalue weighted by molar-refractivity contribution is 1.02. The van der Waals surface area contributed by atoms with Gasteiger partial charge in [0.2, 0.25) is 0 Å². The van der Waals surface area contributed by atoms with E-state index < -0.39 is 15.2 Å². The minimum Gasteiger partial charge on any atom is -0.0702 e. The maximum absolute atomic E-state index is 2.69. The minimum absolute atomic E-state index is 0.155. The van der Waals surface area contributed by atoms with Crippen molar-refractivity contribution in [2.24, 2.45) is 0 Å². The fourth-order valence-corrected chi connectivity index (χ4v) is 23.5. The standard InChI is InChI=1S/C28H48P2Si2/c1-21(2)29(22(3)4)25-17-13-15-19-27(25)31(9,10)32(11,12)28-20-16-14-18-26(28)30(23(5)6)24(7)8/h13-24H,1-12H3. The number of benzene rings is 2. The fraction of sp³-hybridized carbons (Fsp3) is 0.571. The molecule has 0 amide bonds. The van der Waals surface area contributed by atoms with E-state index in [-0.39, 0.29) is 15.8 Å². The van der Waals surface area contributed by atoms with Crippen LogP contribution < -0.4 is 21.0 Å². The second kappa shape index (κ2) is 11.0. The molecule has 0 aliphatic rings. The van der Waals surface area contributed by atoms with E-state index in [9.17, 15) is 0 Å². The second-order valence-corrected chi connectivity index (χ2v) is 33.3. The summed E-state index contributed by atoms with van der Waals surface area (Å²) in [7, 11) is -3.77. The summed E-state index contributed by atoms with van der Waals surface area (Å²) in [5.41, 5.74) is 2.90. The Hall–Kier alpha value is -0.266. The van der Waals surface area contributed by atoms with Crippen LogP contribution in [0.4, 0.5) is 0 Å². The van der Waals surface area contributed by atoms with E-state index in [2.05, 4.69) is 130 Å². The van der Waals surface area contributed by atoms with Gasteiger partial charge >= 0.3 is 0 Å². The van der Waals surface area contributed by atoms with Gasteiger partial charge in [-0.2, -0.15) is 0 Å². The second-order valence-electron chi connectivity index (χ2n) is 11.5. The van der Waals surface area contributed by atoms with Crippen LogP contribution in [0.3, 0.4) is 0 Å². The summed E-state index contributed by atoms with van der Waals surface area (Å²) in [6.45, 7) is 30.3. The monoisotopic (exact) mass is 502 g/mol. The Morgan fingerprint density at radius 2 is 0.719 bits per heavy atom. The van der Waals surface area contributed by atoms with Crippen molar-refractivity contribution in [3.05, 3.63) is 48.5 Å². The number of hydrogen-bond acceptors (Lipinski definition) is 0. The topological polar surface area (TPSA) is 0 Å². The van der Waals surface area contributed by atoms with Gasteiger partial charge in [0.15, 0.2) is 0 Å². The summed E-state index contributed by atoms with van der Waals surface area (Å²) >= 11 is 0. The Bertz CT molecular complexity index is 795. The molecule has 0 aliphatic heterocycles. The molecule has 0 saturated heterocycles. The molecular weight excluding hydrogens is 454 g/mol. The average Bonchev–Trinajstić information content (AvgIpc) is 2.67. The van der Waals surface area contributed by atoms with E-state index in [1.165, 1.54) is 0 Å². The van der Waals surface area contributed by atoms with Gasteiger partial charge in [-0.15, -0.1) is 0 Å². The maximum Gasteiger partial charge on any atom is 0.0800 e. The molecule has 0 saturated carbocycles. The van der Waals surface area contributed by atoms with E-state index in [1.807, 2.05) is 0 Å². The van der Waals surface area contributed by atoms with Crippen molar-refractivity contribution < 1.29 is 0 Å². The molecule has 0 aliphatic carbocycles. The molecule has 0 spiro atoms. The SMILES string of the molecule is CC(C)P(c1ccccc1[Si](C)(C)[Si](C)(C)c1ccccc1P(C(C)C)C(C)C)C(C)C. The van der Waals surface area contributed by atoms with Crippen molar-refractivity contribution in [1.29, 1.82) is 0 Å². The van der Waals surface area contributed by atoms with Gasteiger partial charge in [0.25, 0.3) is 0 Å². The molecule has 0 heterocycles. The van der Waals surface area contributed by atoms with Crippen LogP contribution in [0.1, 0.15) is 55.4 Å². The van der Waals surface area contributed by atoms with Crippen molar-refractivity contribution in [1.82, 2.24) is 0 Å². The third kappa shape index (κ3) is 5.51. The zero-order chi connectivity index (χ0) is 24.4. The van der Waals surface area contributed by atoms with Gasteiger partial charge in [0.1, 0.15) is 0 Å². The lowest BCUT2D eigenvalue weighted by Crippen LogP contribution is -2.73. The first-order chi connectivity index (χ1) is 14.7. The average molecular weight is 503 g/mol. The molecule has 0 aromatic heterocycles. The van der Waals surface area contributed by atoms with Crippen molar-refractivity contribution >= 4 is 52.0 Å². The molecule has 4 heteroatoms. The maximum atomic E-state index is 2.69. The molecule has 0 bridgehead atoms. The highest BCUT2D eigenvalue weighted by atomic mass is 31.1. The molecule has 0 nitrogen and oxygen atoms in total. The largest absolute Gasteiger partial charge is 0.0800 e. The quantitative estimate of drug-likeness (QED) is 0.252. The highest BCUT2D eigenvalue weighted by Crippen LogP contribution is 2.46. The summed E-state index contributed by atoms with van der Waals surface area (Å²) in [5, 5.41) is 6.91. The zero-order valence-electron chi connectivity index (χ0n) is 22.8. The lowest BCUT2D eigenvalue weighted by Gasteiger charge is -2.44. The smallest absolute Gasteiger partial charge is 0.0702 e. The molecule has 0 fully saturated rings. The normalized spacial score (nSPS) is 13.4. The Morgan fingerprint density at radius 3 is 0.969 bits per heavy atom. The van der Waals surface area contributed by atoms with E-state index in [4.69, 9.17) is 0 Å². The van der Waals surface area contributed by atoms with Gasteiger partial charge in [0.05, 0.1) is 15.2 Å². The van der Waals surface area contributed by atoms with Crippen LogP contribution in [-0.2, 0) is 0 Å². The fourth-order valence-electron chi connectivity index (χ4n) is 5.43. The molecule has 2 rings (SSSR count). The number of rotatable bonds is 9.